The summed E-state index contributed by atoms with van der Waals surface area (Å²) in [6.07, 6.45) is 0. The first-order valence-electron chi connectivity index (χ1n) is 18.0. The lowest BCUT2D eigenvalue weighted by Gasteiger charge is -2.26. The van der Waals surface area contributed by atoms with Gasteiger partial charge >= 0.3 is 0 Å². The Bertz CT molecular complexity index is 3060. The summed E-state index contributed by atoms with van der Waals surface area (Å²) in [4.78, 5) is 2.34. The standard InChI is InChI=1S/C50H31NO2/c1-3-9-32(10-4-1)34-15-20-40(21-16-34)51(41-22-17-35(18-23-41)33-11-5-2-6-12-33)42-24-19-38-31-48-45(29-39(38)27-42)49-46(52-48)26-25-43-44-28-36-13-7-8-14-37(36)30-47(44)53-50(43)49/h1-31H. The first kappa shape index (κ1) is 29.6. The van der Waals surface area contributed by atoms with E-state index in [1.54, 1.807) is 0 Å². The van der Waals surface area contributed by atoms with E-state index in [4.69, 9.17) is 8.83 Å². The summed E-state index contributed by atoms with van der Waals surface area (Å²) < 4.78 is 13.1. The summed E-state index contributed by atoms with van der Waals surface area (Å²) >= 11 is 0. The van der Waals surface area contributed by atoms with E-state index in [2.05, 4.69) is 193 Å². The van der Waals surface area contributed by atoms with Crippen LogP contribution in [0.4, 0.5) is 17.1 Å². The van der Waals surface area contributed by atoms with Crippen molar-refractivity contribution in [3.05, 3.63) is 188 Å². The van der Waals surface area contributed by atoms with Gasteiger partial charge in [-0.15, -0.1) is 0 Å². The van der Waals surface area contributed by atoms with Crippen LogP contribution in [0.15, 0.2) is 197 Å². The van der Waals surface area contributed by atoms with Gasteiger partial charge in [0.15, 0.2) is 0 Å². The van der Waals surface area contributed by atoms with Crippen molar-refractivity contribution in [1.29, 1.82) is 0 Å². The minimum absolute atomic E-state index is 0.824. The third-order valence-corrected chi connectivity index (χ3v) is 10.6. The number of rotatable bonds is 5. The van der Waals surface area contributed by atoms with E-state index in [0.29, 0.717) is 0 Å². The maximum Gasteiger partial charge on any atom is 0.147 e. The highest BCUT2D eigenvalue weighted by molar-refractivity contribution is 6.24. The van der Waals surface area contributed by atoms with Gasteiger partial charge in [-0.1, -0.05) is 115 Å². The molecule has 11 rings (SSSR count). The monoisotopic (exact) mass is 677 g/mol. The lowest BCUT2D eigenvalue weighted by Crippen LogP contribution is -2.09. The van der Waals surface area contributed by atoms with E-state index < -0.39 is 0 Å². The Kier molecular flexibility index (Phi) is 6.55. The molecule has 0 aliphatic carbocycles. The van der Waals surface area contributed by atoms with Crippen LogP contribution in [-0.4, -0.2) is 0 Å². The molecule has 2 heterocycles. The number of benzene rings is 9. The average Bonchev–Trinajstić information content (AvgIpc) is 3.77. The summed E-state index contributed by atoms with van der Waals surface area (Å²) in [7, 11) is 0. The Morgan fingerprint density at radius 1 is 0.302 bits per heavy atom. The van der Waals surface area contributed by atoms with E-state index in [1.807, 2.05) is 0 Å². The van der Waals surface area contributed by atoms with Crippen molar-refractivity contribution in [2.75, 3.05) is 4.90 Å². The normalized spacial score (nSPS) is 11.8. The molecule has 0 amide bonds. The number of hydrogen-bond acceptors (Lipinski definition) is 3. The number of fused-ring (bicyclic) bond motifs is 9. The van der Waals surface area contributed by atoms with Crippen LogP contribution in [0.2, 0.25) is 0 Å². The molecule has 0 radical (unpaired) electrons. The Balaban J connectivity index is 1.07. The number of anilines is 3. The predicted molar refractivity (Wildman–Crippen MR) is 222 cm³/mol. The molecule has 53 heavy (non-hydrogen) atoms. The van der Waals surface area contributed by atoms with Crippen LogP contribution in [0, 0.1) is 0 Å². The molecular weight excluding hydrogens is 647 g/mol. The van der Waals surface area contributed by atoms with Crippen molar-refractivity contribution in [3.8, 4) is 22.3 Å². The molecular formula is C50H31NO2. The van der Waals surface area contributed by atoms with E-state index >= 15 is 0 Å². The van der Waals surface area contributed by atoms with Gasteiger partial charge in [0.25, 0.3) is 0 Å². The van der Waals surface area contributed by atoms with Gasteiger partial charge in [-0.05, 0) is 117 Å². The Hall–Kier alpha value is -7.10. The third-order valence-electron chi connectivity index (χ3n) is 10.6. The highest BCUT2D eigenvalue weighted by atomic mass is 16.3. The van der Waals surface area contributed by atoms with E-state index in [1.165, 1.54) is 33.0 Å². The number of furan rings is 2. The SMILES string of the molecule is c1ccc(-c2ccc(N(c3ccc(-c4ccccc4)cc3)c3ccc4cc5oc6ccc7c8cc9ccccc9cc8oc7c6c5cc4c3)cc2)cc1. The van der Waals surface area contributed by atoms with E-state index in [9.17, 15) is 0 Å². The topological polar surface area (TPSA) is 29.5 Å². The van der Waals surface area contributed by atoms with Crippen LogP contribution in [0.3, 0.4) is 0 Å². The van der Waals surface area contributed by atoms with Crippen LogP contribution in [0.25, 0.3) is 87.7 Å². The first-order chi connectivity index (χ1) is 26.2. The largest absolute Gasteiger partial charge is 0.456 e. The molecule has 9 aromatic carbocycles. The maximum absolute atomic E-state index is 6.64. The van der Waals surface area contributed by atoms with Crippen LogP contribution >= 0.6 is 0 Å². The summed E-state index contributed by atoms with van der Waals surface area (Å²) in [5, 5.41) is 8.88. The Morgan fingerprint density at radius 2 is 0.811 bits per heavy atom. The Morgan fingerprint density at radius 3 is 1.45 bits per heavy atom. The molecule has 0 unspecified atom stereocenters. The summed E-state index contributed by atoms with van der Waals surface area (Å²) in [5.41, 5.74) is 11.4. The van der Waals surface area contributed by atoms with Gasteiger partial charge in [0, 0.05) is 33.2 Å². The molecule has 0 aliphatic rings. The fourth-order valence-corrected chi connectivity index (χ4v) is 7.96. The highest BCUT2D eigenvalue weighted by Crippen LogP contribution is 2.43. The summed E-state index contributed by atoms with van der Waals surface area (Å²) in [6, 6.07) is 66.9. The van der Waals surface area contributed by atoms with Crippen LogP contribution < -0.4 is 4.90 Å². The van der Waals surface area contributed by atoms with Crippen LogP contribution in [0.5, 0.6) is 0 Å². The molecule has 0 fully saturated rings. The molecule has 248 valence electrons. The molecule has 0 saturated carbocycles. The lowest BCUT2D eigenvalue weighted by molar-refractivity contribution is 0.663. The van der Waals surface area contributed by atoms with Crippen LogP contribution in [-0.2, 0) is 0 Å². The molecule has 0 bridgehead atoms. The highest BCUT2D eigenvalue weighted by Gasteiger charge is 2.19. The van der Waals surface area contributed by atoms with Gasteiger partial charge in [-0.3, -0.25) is 0 Å². The van der Waals surface area contributed by atoms with Crippen molar-refractivity contribution < 1.29 is 8.83 Å². The predicted octanol–water partition coefficient (Wildman–Crippen LogP) is 14.6. The molecule has 0 aliphatic heterocycles. The van der Waals surface area contributed by atoms with Crippen molar-refractivity contribution in [2.45, 2.75) is 0 Å². The molecule has 0 atom stereocenters. The van der Waals surface area contributed by atoms with Crippen molar-refractivity contribution in [3.63, 3.8) is 0 Å². The van der Waals surface area contributed by atoms with Gasteiger partial charge in [-0.25, -0.2) is 0 Å². The quantitative estimate of drug-likeness (QED) is 0.182. The number of nitrogens with zero attached hydrogens (tertiary/aromatic N) is 1. The van der Waals surface area contributed by atoms with Crippen LogP contribution in [0.1, 0.15) is 0 Å². The number of hydrogen-bond donors (Lipinski definition) is 0. The van der Waals surface area contributed by atoms with Gasteiger partial charge < -0.3 is 13.7 Å². The van der Waals surface area contributed by atoms with Gasteiger partial charge in [-0.2, -0.15) is 0 Å². The second kappa shape index (κ2) is 11.7. The zero-order chi connectivity index (χ0) is 34.9. The van der Waals surface area contributed by atoms with Crippen molar-refractivity contribution in [1.82, 2.24) is 0 Å². The molecule has 0 N–H and O–H groups in total. The zero-order valence-electron chi connectivity index (χ0n) is 28.7. The second-order valence-corrected chi connectivity index (χ2v) is 13.8. The fraction of sp³-hybridized carbons (Fsp3) is 0. The van der Waals surface area contributed by atoms with Gasteiger partial charge in [0.05, 0.1) is 5.39 Å². The first-order valence-corrected chi connectivity index (χ1v) is 18.0. The summed E-state index contributed by atoms with van der Waals surface area (Å²) in [6.45, 7) is 0. The second-order valence-electron chi connectivity index (χ2n) is 13.8. The lowest BCUT2D eigenvalue weighted by atomic mass is 10.0. The minimum Gasteiger partial charge on any atom is -0.456 e. The molecule has 3 heteroatoms. The molecule has 0 saturated heterocycles. The Labute approximate surface area is 305 Å². The smallest absolute Gasteiger partial charge is 0.147 e. The van der Waals surface area contributed by atoms with E-state index in [-0.39, 0.29) is 0 Å². The van der Waals surface area contributed by atoms with E-state index in [0.717, 1.165) is 71.7 Å². The summed E-state index contributed by atoms with van der Waals surface area (Å²) in [5.74, 6) is 0. The molecule has 2 aromatic heterocycles. The minimum atomic E-state index is 0.824. The third kappa shape index (κ3) is 4.90. The van der Waals surface area contributed by atoms with Crippen molar-refractivity contribution in [2.24, 2.45) is 0 Å². The van der Waals surface area contributed by atoms with Gasteiger partial charge in [0.2, 0.25) is 0 Å². The zero-order valence-corrected chi connectivity index (χ0v) is 28.7. The maximum atomic E-state index is 6.64. The average molecular weight is 678 g/mol. The van der Waals surface area contributed by atoms with Crippen molar-refractivity contribution >= 4 is 82.5 Å². The molecule has 11 aromatic rings. The fourth-order valence-electron chi connectivity index (χ4n) is 7.96. The molecule has 0 spiro atoms. The van der Waals surface area contributed by atoms with Gasteiger partial charge in [0.1, 0.15) is 22.3 Å². The molecule has 3 nitrogen and oxygen atoms in total.